The average Bonchev–Trinajstić information content (AvgIpc) is 3.01. The first-order chi connectivity index (χ1) is 7.20. The molecule has 2 N–H and O–H groups in total. The van der Waals surface area contributed by atoms with E-state index in [0.29, 0.717) is 11.3 Å². The molecule has 0 amide bonds. The molecule has 0 spiro atoms. The van der Waals surface area contributed by atoms with Crippen molar-refractivity contribution in [3.63, 3.8) is 0 Å². The second kappa shape index (κ2) is 3.77. The third-order valence-electron chi connectivity index (χ3n) is 2.61. The van der Waals surface area contributed by atoms with Crippen LogP contribution < -0.4 is 10.6 Å². The maximum absolute atomic E-state index is 8.69. The number of anilines is 2. The first kappa shape index (κ1) is 9.78. The van der Waals surface area contributed by atoms with Crippen molar-refractivity contribution in [3.8, 4) is 6.07 Å². The van der Waals surface area contributed by atoms with Crippen LogP contribution >= 0.6 is 0 Å². The van der Waals surface area contributed by atoms with E-state index in [9.17, 15) is 0 Å². The van der Waals surface area contributed by atoms with Crippen LogP contribution in [0.15, 0.2) is 12.3 Å². The zero-order valence-electron chi connectivity index (χ0n) is 8.77. The SMILES string of the molecule is CN(CC1CC1)c1ncc(C#N)cc1N. The van der Waals surface area contributed by atoms with Gasteiger partial charge in [0.15, 0.2) is 5.82 Å². The van der Waals surface area contributed by atoms with Gasteiger partial charge in [-0.15, -0.1) is 0 Å². The molecule has 0 radical (unpaired) electrons. The number of nitrogens with two attached hydrogens (primary N) is 1. The minimum Gasteiger partial charge on any atom is -0.396 e. The Bertz CT molecular complexity index is 404. The van der Waals surface area contributed by atoms with E-state index in [4.69, 9.17) is 11.0 Å². The number of hydrogen-bond acceptors (Lipinski definition) is 4. The molecule has 0 bridgehead atoms. The minimum absolute atomic E-state index is 0.510. The van der Waals surface area contributed by atoms with Gasteiger partial charge in [0.2, 0.25) is 0 Å². The maximum atomic E-state index is 8.69. The van der Waals surface area contributed by atoms with Gasteiger partial charge in [0.25, 0.3) is 0 Å². The molecule has 1 aromatic rings. The summed E-state index contributed by atoms with van der Waals surface area (Å²) in [5, 5.41) is 8.69. The van der Waals surface area contributed by atoms with Crippen molar-refractivity contribution in [3.05, 3.63) is 17.8 Å². The fourth-order valence-corrected chi connectivity index (χ4v) is 1.63. The monoisotopic (exact) mass is 202 g/mol. The molecule has 0 aromatic carbocycles. The highest BCUT2D eigenvalue weighted by Crippen LogP contribution is 2.31. The summed E-state index contributed by atoms with van der Waals surface area (Å²) in [6, 6.07) is 3.70. The number of nitrogens with zero attached hydrogens (tertiary/aromatic N) is 3. The standard InChI is InChI=1S/C11H14N4/c1-15(7-8-2-3-8)11-10(13)4-9(5-12)6-14-11/h4,6,8H,2-3,7,13H2,1H3. The quantitative estimate of drug-likeness (QED) is 0.804. The van der Waals surface area contributed by atoms with Gasteiger partial charge in [-0.25, -0.2) is 4.98 Å². The molecule has 1 saturated carbocycles. The summed E-state index contributed by atoms with van der Waals surface area (Å²) in [5.41, 5.74) is 6.93. The summed E-state index contributed by atoms with van der Waals surface area (Å²) in [6.45, 7) is 1.00. The fourth-order valence-electron chi connectivity index (χ4n) is 1.63. The molecule has 1 heterocycles. The van der Waals surface area contributed by atoms with Crippen LogP contribution in [0.3, 0.4) is 0 Å². The van der Waals surface area contributed by atoms with Gasteiger partial charge in [0.1, 0.15) is 6.07 Å². The van der Waals surface area contributed by atoms with Crippen LogP contribution in [0.2, 0.25) is 0 Å². The summed E-state index contributed by atoms with van der Waals surface area (Å²) >= 11 is 0. The van der Waals surface area contributed by atoms with E-state index in [1.807, 2.05) is 13.1 Å². The van der Waals surface area contributed by atoms with Gasteiger partial charge in [-0.2, -0.15) is 5.26 Å². The van der Waals surface area contributed by atoms with Crippen molar-refractivity contribution in [1.29, 1.82) is 5.26 Å². The molecule has 4 nitrogen and oxygen atoms in total. The van der Waals surface area contributed by atoms with Crippen molar-refractivity contribution in [1.82, 2.24) is 4.98 Å². The summed E-state index contributed by atoms with van der Waals surface area (Å²) in [5.74, 6) is 1.58. The van der Waals surface area contributed by atoms with E-state index in [0.717, 1.165) is 18.3 Å². The first-order valence-electron chi connectivity index (χ1n) is 5.07. The van der Waals surface area contributed by atoms with Crippen LogP contribution in [-0.4, -0.2) is 18.6 Å². The highest BCUT2D eigenvalue weighted by molar-refractivity contribution is 5.64. The normalized spacial score (nSPS) is 14.7. The number of aromatic nitrogens is 1. The van der Waals surface area contributed by atoms with Crippen molar-refractivity contribution < 1.29 is 0 Å². The lowest BCUT2D eigenvalue weighted by atomic mass is 10.2. The molecule has 0 saturated heterocycles. The second-order valence-corrected chi connectivity index (χ2v) is 4.07. The number of rotatable bonds is 3. The molecule has 0 aliphatic heterocycles. The van der Waals surface area contributed by atoms with Crippen molar-refractivity contribution in [2.75, 3.05) is 24.2 Å². The van der Waals surface area contributed by atoms with Gasteiger partial charge in [0.05, 0.1) is 11.3 Å². The molecule has 78 valence electrons. The second-order valence-electron chi connectivity index (χ2n) is 4.07. The van der Waals surface area contributed by atoms with Crippen molar-refractivity contribution in [2.24, 2.45) is 5.92 Å². The van der Waals surface area contributed by atoms with Gasteiger partial charge < -0.3 is 10.6 Å². The van der Waals surface area contributed by atoms with E-state index in [1.165, 1.54) is 12.8 Å². The summed E-state index contributed by atoms with van der Waals surface area (Å²) in [6.07, 6.45) is 4.18. The van der Waals surface area contributed by atoms with Crippen LogP contribution in [-0.2, 0) is 0 Å². The molecular formula is C11H14N4. The van der Waals surface area contributed by atoms with Gasteiger partial charge in [-0.3, -0.25) is 0 Å². The van der Waals surface area contributed by atoms with E-state index in [-0.39, 0.29) is 0 Å². The largest absolute Gasteiger partial charge is 0.396 e. The summed E-state index contributed by atoms with van der Waals surface area (Å²) in [7, 11) is 1.99. The Morgan fingerprint density at radius 1 is 1.67 bits per heavy atom. The summed E-state index contributed by atoms with van der Waals surface area (Å²) < 4.78 is 0. The van der Waals surface area contributed by atoms with Gasteiger partial charge in [-0.1, -0.05) is 0 Å². The molecule has 0 atom stereocenters. The Labute approximate surface area is 89.3 Å². The third-order valence-corrected chi connectivity index (χ3v) is 2.61. The first-order valence-corrected chi connectivity index (χ1v) is 5.07. The van der Waals surface area contributed by atoms with E-state index in [1.54, 1.807) is 12.3 Å². The predicted octanol–water partition coefficient (Wildman–Crippen LogP) is 1.38. The molecule has 1 aliphatic carbocycles. The smallest absolute Gasteiger partial charge is 0.151 e. The van der Waals surface area contributed by atoms with E-state index in [2.05, 4.69) is 9.88 Å². The Balaban J connectivity index is 2.16. The highest BCUT2D eigenvalue weighted by atomic mass is 15.2. The van der Waals surface area contributed by atoms with Crippen LogP contribution in [0.5, 0.6) is 0 Å². The Morgan fingerprint density at radius 2 is 2.40 bits per heavy atom. The lowest BCUT2D eigenvalue weighted by Gasteiger charge is -2.19. The molecule has 0 unspecified atom stereocenters. The maximum Gasteiger partial charge on any atom is 0.151 e. The number of pyridine rings is 1. The lowest BCUT2D eigenvalue weighted by molar-refractivity contribution is 0.778. The summed E-state index contributed by atoms with van der Waals surface area (Å²) in [4.78, 5) is 6.27. The Kier molecular flexibility index (Phi) is 2.46. The minimum atomic E-state index is 0.510. The van der Waals surface area contributed by atoms with Crippen LogP contribution in [0, 0.1) is 17.2 Å². The molecule has 1 fully saturated rings. The van der Waals surface area contributed by atoms with Crippen LogP contribution in [0.25, 0.3) is 0 Å². The van der Waals surface area contributed by atoms with Gasteiger partial charge in [-0.05, 0) is 24.8 Å². The lowest BCUT2D eigenvalue weighted by Crippen LogP contribution is -2.22. The van der Waals surface area contributed by atoms with Crippen LogP contribution in [0.1, 0.15) is 18.4 Å². The van der Waals surface area contributed by atoms with Gasteiger partial charge in [0, 0.05) is 19.8 Å². The van der Waals surface area contributed by atoms with Crippen molar-refractivity contribution >= 4 is 11.5 Å². The van der Waals surface area contributed by atoms with Gasteiger partial charge >= 0.3 is 0 Å². The Hall–Kier alpha value is -1.76. The fraction of sp³-hybridized carbons (Fsp3) is 0.455. The van der Waals surface area contributed by atoms with Crippen LogP contribution in [0.4, 0.5) is 11.5 Å². The van der Waals surface area contributed by atoms with E-state index < -0.39 is 0 Å². The number of nitrogen functional groups attached to an aromatic ring is 1. The van der Waals surface area contributed by atoms with Crippen molar-refractivity contribution in [2.45, 2.75) is 12.8 Å². The topological polar surface area (TPSA) is 65.9 Å². The Morgan fingerprint density at radius 3 is 2.93 bits per heavy atom. The van der Waals surface area contributed by atoms with E-state index >= 15 is 0 Å². The number of nitriles is 1. The zero-order valence-corrected chi connectivity index (χ0v) is 8.77. The molecular weight excluding hydrogens is 188 g/mol. The highest BCUT2D eigenvalue weighted by Gasteiger charge is 2.23. The molecule has 15 heavy (non-hydrogen) atoms. The molecule has 1 aromatic heterocycles. The third kappa shape index (κ3) is 2.18. The molecule has 1 aliphatic rings. The zero-order chi connectivity index (χ0) is 10.8. The number of hydrogen-bond donors (Lipinski definition) is 1. The predicted molar refractivity (Wildman–Crippen MR) is 59.4 cm³/mol. The average molecular weight is 202 g/mol. The molecule has 2 rings (SSSR count). The molecule has 4 heteroatoms.